The molecule has 0 aliphatic heterocycles. The summed E-state index contributed by atoms with van der Waals surface area (Å²) in [4.78, 5) is 2.34. The first-order valence-corrected chi connectivity index (χ1v) is 5.24. The average Bonchev–Trinajstić information content (AvgIpc) is 2.26. The molecule has 0 saturated heterocycles. The number of hydrogen-bond acceptors (Lipinski definition) is 2. The fourth-order valence-corrected chi connectivity index (χ4v) is 1.69. The van der Waals surface area contributed by atoms with Crippen LogP contribution in [0.3, 0.4) is 0 Å². The van der Waals surface area contributed by atoms with E-state index < -0.39 is 0 Å². The zero-order valence-electron chi connectivity index (χ0n) is 9.11. The molecule has 1 aromatic rings. The third kappa shape index (κ3) is 2.82. The van der Waals surface area contributed by atoms with Crippen molar-refractivity contribution in [3.8, 4) is 0 Å². The number of rotatable bonds is 5. The minimum atomic E-state index is 0.464. The Morgan fingerprint density at radius 3 is 2.43 bits per heavy atom. The molecule has 0 aromatic heterocycles. The quantitative estimate of drug-likeness (QED) is 0.773. The maximum atomic E-state index is 5.63. The molecule has 0 aliphatic rings. The molecule has 2 nitrogen and oxygen atoms in total. The van der Waals surface area contributed by atoms with E-state index in [9.17, 15) is 0 Å². The number of nitrogens with two attached hydrogens (primary N) is 1. The predicted molar refractivity (Wildman–Crippen MR) is 61.2 cm³/mol. The molecule has 2 N–H and O–H groups in total. The van der Waals surface area contributed by atoms with Gasteiger partial charge in [-0.05, 0) is 32.1 Å². The highest BCUT2D eigenvalue weighted by atomic mass is 15.1. The first-order valence-electron chi connectivity index (χ1n) is 5.24. The van der Waals surface area contributed by atoms with Gasteiger partial charge in [0, 0.05) is 6.04 Å². The Morgan fingerprint density at radius 2 is 1.93 bits per heavy atom. The largest absolute Gasteiger partial charge is 0.330 e. The second-order valence-corrected chi connectivity index (χ2v) is 3.58. The Balaban J connectivity index is 2.77. The second kappa shape index (κ2) is 5.78. The summed E-state index contributed by atoms with van der Waals surface area (Å²) in [5.74, 6) is 0. The van der Waals surface area contributed by atoms with Crippen LogP contribution in [-0.2, 0) is 0 Å². The summed E-state index contributed by atoms with van der Waals surface area (Å²) in [6, 6.07) is 11.0. The highest BCUT2D eigenvalue weighted by Gasteiger charge is 2.13. The Kier molecular flexibility index (Phi) is 4.63. The Hall–Kier alpha value is -0.860. The third-order valence-corrected chi connectivity index (χ3v) is 2.66. The summed E-state index contributed by atoms with van der Waals surface area (Å²) >= 11 is 0. The van der Waals surface area contributed by atoms with Crippen molar-refractivity contribution in [1.82, 2.24) is 4.90 Å². The highest BCUT2D eigenvalue weighted by Crippen LogP contribution is 2.21. The maximum Gasteiger partial charge on any atom is 0.0356 e. The Bertz CT molecular complexity index is 246. The van der Waals surface area contributed by atoms with Gasteiger partial charge in [-0.1, -0.05) is 37.3 Å². The molecule has 78 valence electrons. The molecule has 0 fully saturated rings. The molecule has 0 aliphatic carbocycles. The minimum absolute atomic E-state index is 0.464. The van der Waals surface area contributed by atoms with E-state index >= 15 is 0 Å². The van der Waals surface area contributed by atoms with Crippen molar-refractivity contribution in [3.63, 3.8) is 0 Å². The molecule has 0 radical (unpaired) electrons. The molecular formula is C12H20N2. The van der Waals surface area contributed by atoms with Gasteiger partial charge < -0.3 is 5.73 Å². The topological polar surface area (TPSA) is 29.3 Å². The molecule has 1 atom stereocenters. The van der Waals surface area contributed by atoms with Crippen molar-refractivity contribution in [1.29, 1.82) is 0 Å². The van der Waals surface area contributed by atoms with Crippen LogP contribution in [0, 0.1) is 0 Å². The monoisotopic (exact) mass is 192 g/mol. The van der Waals surface area contributed by atoms with Crippen molar-refractivity contribution in [2.75, 3.05) is 20.1 Å². The van der Waals surface area contributed by atoms with Gasteiger partial charge in [-0.15, -0.1) is 0 Å². The standard InChI is InChI=1S/C12H20N2/c1-3-14(2)12(9-10-13)11-7-5-4-6-8-11/h4-8,12H,3,9-10,13H2,1-2H3. The van der Waals surface area contributed by atoms with Crippen LogP contribution in [0.15, 0.2) is 30.3 Å². The smallest absolute Gasteiger partial charge is 0.0356 e. The molecular weight excluding hydrogens is 172 g/mol. The molecule has 1 rings (SSSR count). The Morgan fingerprint density at radius 1 is 1.29 bits per heavy atom. The molecule has 0 spiro atoms. The molecule has 0 bridgehead atoms. The van der Waals surface area contributed by atoms with Gasteiger partial charge in [0.05, 0.1) is 0 Å². The van der Waals surface area contributed by atoms with Crippen molar-refractivity contribution in [3.05, 3.63) is 35.9 Å². The van der Waals surface area contributed by atoms with E-state index in [1.165, 1.54) is 5.56 Å². The summed E-state index contributed by atoms with van der Waals surface area (Å²) < 4.78 is 0. The predicted octanol–water partition coefficient (Wildman–Crippen LogP) is 2.03. The van der Waals surface area contributed by atoms with Crippen LogP contribution in [0.4, 0.5) is 0 Å². The first kappa shape index (κ1) is 11.2. The SMILES string of the molecule is CCN(C)C(CCN)c1ccccc1. The third-order valence-electron chi connectivity index (χ3n) is 2.66. The zero-order valence-corrected chi connectivity index (χ0v) is 9.11. The maximum absolute atomic E-state index is 5.63. The lowest BCUT2D eigenvalue weighted by Gasteiger charge is -2.26. The van der Waals surface area contributed by atoms with Crippen LogP contribution in [0.5, 0.6) is 0 Å². The van der Waals surface area contributed by atoms with Crippen molar-refractivity contribution < 1.29 is 0 Å². The fourth-order valence-electron chi connectivity index (χ4n) is 1.69. The van der Waals surface area contributed by atoms with E-state index in [1.54, 1.807) is 0 Å². The summed E-state index contributed by atoms with van der Waals surface area (Å²) in [7, 11) is 2.15. The van der Waals surface area contributed by atoms with E-state index in [0.29, 0.717) is 6.04 Å². The molecule has 14 heavy (non-hydrogen) atoms. The van der Waals surface area contributed by atoms with Gasteiger partial charge in [0.1, 0.15) is 0 Å². The van der Waals surface area contributed by atoms with Crippen LogP contribution >= 0.6 is 0 Å². The molecule has 1 aromatic carbocycles. The minimum Gasteiger partial charge on any atom is -0.330 e. The van der Waals surface area contributed by atoms with Crippen LogP contribution < -0.4 is 5.73 Å². The summed E-state index contributed by atoms with van der Waals surface area (Å²) in [5, 5.41) is 0. The van der Waals surface area contributed by atoms with E-state index in [1.807, 2.05) is 0 Å². The molecule has 0 amide bonds. The van der Waals surface area contributed by atoms with E-state index in [2.05, 4.69) is 49.2 Å². The van der Waals surface area contributed by atoms with E-state index in [4.69, 9.17) is 5.73 Å². The molecule has 1 unspecified atom stereocenters. The van der Waals surface area contributed by atoms with Gasteiger partial charge >= 0.3 is 0 Å². The van der Waals surface area contributed by atoms with Gasteiger partial charge in [-0.25, -0.2) is 0 Å². The number of hydrogen-bond donors (Lipinski definition) is 1. The molecule has 0 saturated carbocycles. The fraction of sp³-hybridized carbons (Fsp3) is 0.500. The van der Waals surface area contributed by atoms with Crippen molar-refractivity contribution >= 4 is 0 Å². The van der Waals surface area contributed by atoms with Crippen LogP contribution in [0.2, 0.25) is 0 Å². The lowest BCUT2D eigenvalue weighted by Crippen LogP contribution is -2.26. The summed E-state index contributed by atoms with van der Waals surface area (Å²) in [5.41, 5.74) is 7.00. The summed E-state index contributed by atoms with van der Waals surface area (Å²) in [6.45, 7) is 3.97. The number of nitrogens with zero attached hydrogens (tertiary/aromatic N) is 1. The number of benzene rings is 1. The van der Waals surface area contributed by atoms with Gasteiger partial charge in [0.15, 0.2) is 0 Å². The highest BCUT2D eigenvalue weighted by molar-refractivity contribution is 5.18. The van der Waals surface area contributed by atoms with Crippen LogP contribution in [0.25, 0.3) is 0 Å². The summed E-state index contributed by atoms with van der Waals surface area (Å²) in [6.07, 6.45) is 1.02. The van der Waals surface area contributed by atoms with Gasteiger partial charge in [0.2, 0.25) is 0 Å². The molecule has 2 heteroatoms. The first-order chi connectivity index (χ1) is 6.79. The van der Waals surface area contributed by atoms with Gasteiger partial charge in [0.25, 0.3) is 0 Å². The van der Waals surface area contributed by atoms with E-state index in [-0.39, 0.29) is 0 Å². The second-order valence-electron chi connectivity index (χ2n) is 3.58. The van der Waals surface area contributed by atoms with Crippen molar-refractivity contribution in [2.45, 2.75) is 19.4 Å². The normalized spacial score (nSPS) is 13.1. The van der Waals surface area contributed by atoms with E-state index in [0.717, 1.165) is 19.5 Å². The van der Waals surface area contributed by atoms with Gasteiger partial charge in [-0.3, -0.25) is 4.90 Å². The van der Waals surface area contributed by atoms with Crippen LogP contribution in [-0.4, -0.2) is 25.0 Å². The lowest BCUT2D eigenvalue weighted by atomic mass is 10.0. The Labute approximate surface area is 86.7 Å². The zero-order chi connectivity index (χ0) is 10.4. The molecule has 0 heterocycles. The van der Waals surface area contributed by atoms with Crippen molar-refractivity contribution in [2.24, 2.45) is 5.73 Å². The average molecular weight is 192 g/mol. The van der Waals surface area contributed by atoms with Crippen LogP contribution in [0.1, 0.15) is 24.9 Å². The lowest BCUT2D eigenvalue weighted by molar-refractivity contribution is 0.247. The van der Waals surface area contributed by atoms with Gasteiger partial charge in [-0.2, -0.15) is 0 Å².